The van der Waals surface area contributed by atoms with Gasteiger partial charge in [-0.1, -0.05) is 24.6 Å². The summed E-state index contributed by atoms with van der Waals surface area (Å²) in [7, 11) is 0. The van der Waals surface area contributed by atoms with Crippen molar-refractivity contribution < 1.29 is 0 Å². The number of nitrogens with two attached hydrogens (primary N) is 1. The molecular formula is C20H30N2. The number of hydrogen-bond acceptors (Lipinski definition) is 2. The summed E-state index contributed by atoms with van der Waals surface area (Å²) in [6.45, 7) is 4.81. The average molecular weight is 298 g/mol. The molecule has 0 aromatic carbocycles. The maximum absolute atomic E-state index is 6.49. The summed E-state index contributed by atoms with van der Waals surface area (Å²) in [5.41, 5.74) is 9.73. The van der Waals surface area contributed by atoms with E-state index >= 15 is 0 Å². The van der Waals surface area contributed by atoms with Gasteiger partial charge in [0.25, 0.3) is 0 Å². The van der Waals surface area contributed by atoms with E-state index in [0.717, 1.165) is 47.5 Å². The van der Waals surface area contributed by atoms with Gasteiger partial charge in [-0.25, -0.2) is 0 Å². The van der Waals surface area contributed by atoms with Crippen LogP contribution in [0.3, 0.4) is 0 Å². The van der Waals surface area contributed by atoms with Crippen molar-refractivity contribution in [2.75, 3.05) is 0 Å². The first kappa shape index (κ1) is 13.7. The lowest BCUT2D eigenvalue weighted by Crippen LogP contribution is -2.65. The van der Waals surface area contributed by atoms with Gasteiger partial charge in [0.05, 0.1) is 0 Å². The van der Waals surface area contributed by atoms with Gasteiger partial charge in [0.15, 0.2) is 0 Å². The highest BCUT2D eigenvalue weighted by atomic mass is 15.1. The Morgan fingerprint density at radius 3 is 2.45 bits per heavy atom. The Labute approximate surface area is 134 Å². The lowest BCUT2D eigenvalue weighted by atomic mass is 9.50. The molecule has 0 spiro atoms. The first-order valence-electron chi connectivity index (χ1n) is 9.54. The Bertz CT molecular complexity index is 548. The molecule has 9 unspecified atom stereocenters. The molecule has 1 saturated heterocycles. The maximum Gasteiger partial charge on any atom is 0.0377 e. The average Bonchev–Trinajstić information content (AvgIpc) is 2.39. The Kier molecular flexibility index (Phi) is 2.87. The lowest BCUT2D eigenvalue weighted by Gasteiger charge is -2.61. The van der Waals surface area contributed by atoms with Crippen molar-refractivity contribution in [2.24, 2.45) is 47.2 Å². The molecule has 2 heteroatoms. The Balaban J connectivity index is 1.42. The molecule has 0 aromatic heterocycles. The first-order valence-corrected chi connectivity index (χ1v) is 9.54. The molecule has 0 amide bonds. The molecule has 3 N–H and O–H groups in total. The van der Waals surface area contributed by atoms with Crippen molar-refractivity contribution in [1.29, 1.82) is 0 Å². The van der Waals surface area contributed by atoms with Gasteiger partial charge >= 0.3 is 0 Å². The summed E-state index contributed by atoms with van der Waals surface area (Å²) in [6.07, 6.45) is 11.8. The highest BCUT2D eigenvalue weighted by Gasteiger charge is 2.56. The van der Waals surface area contributed by atoms with E-state index in [2.05, 4.69) is 31.3 Å². The second kappa shape index (κ2) is 4.63. The molecule has 0 radical (unpaired) electrons. The summed E-state index contributed by atoms with van der Waals surface area (Å²) in [5, 5.41) is 3.79. The molecule has 2 nitrogen and oxygen atoms in total. The predicted molar refractivity (Wildman–Crippen MR) is 89.9 cm³/mol. The molecule has 0 bridgehead atoms. The van der Waals surface area contributed by atoms with Crippen LogP contribution in [0.5, 0.6) is 0 Å². The van der Waals surface area contributed by atoms with E-state index in [1.807, 2.05) is 0 Å². The standard InChI is InChI=1S/C20H30N2/c1-10-5-12-7-11(2)18(12)15-3-4-16(15)20-19-13(8-14(21)6-10)9-17(19)22-20/h7,9-10,12-16,18-20,22H,3-6,8,21H2,1-2H3. The summed E-state index contributed by atoms with van der Waals surface area (Å²) < 4.78 is 0. The van der Waals surface area contributed by atoms with Gasteiger partial charge in [-0.2, -0.15) is 0 Å². The van der Waals surface area contributed by atoms with E-state index < -0.39 is 0 Å². The van der Waals surface area contributed by atoms with E-state index in [4.69, 9.17) is 5.73 Å². The Morgan fingerprint density at radius 1 is 1.00 bits per heavy atom. The smallest absolute Gasteiger partial charge is 0.0377 e. The van der Waals surface area contributed by atoms with Crippen LogP contribution < -0.4 is 11.1 Å². The topological polar surface area (TPSA) is 38.0 Å². The predicted octanol–water partition coefficient (Wildman–Crippen LogP) is 3.45. The third-order valence-electron chi connectivity index (χ3n) is 7.66. The third kappa shape index (κ3) is 1.76. The SMILES string of the molecule is CC1=CC2CC(C)CC(N)CC3C=C4NC(C5CCC5C12)C43. The zero-order chi connectivity index (χ0) is 15.0. The highest BCUT2D eigenvalue weighted by molar-refractivity contribution is 5.34. The zero-order valence-corrected chi connectivity index (χ0v) is 14.0. The van der Waals surface area contributed by atoms with E-state index in [0.29, 0.717) is 6.04 Å². The van der Waals surface area contributed by atoms with Crippen LogP contribution in [-0.2, 0) is 0 Å². The van der Waals surface area contributed by atoms with Crippen molar-refractivity contribution in [3.05, 3.63) is 23.4 Å². The minimum atomic E-state index is 0.402. The molecular weight excluding hydrogens is 268 g/mol. The van der Waals surface area contributed by atoms with Gasteiger partial charge in [0.2, 0.25) is 0 Å². The van der Waals surface area contributed by atoms with Crippen LogP contribution in [0.1, 0.15) is 46.0 Å². The van der Waals surface area contributed by atoms with Crippen LogP contribution in [0.15, 0.2) is 23.4 Å². The molecule has 2 saturated carbocycles. The van der Waals surface area contributed by atoms with E-state index in [1.165, 1.54) is 32.1 Å². The normalized spacial score (nSPS) is 55.5. The van der Waals surface area contributed by atoms with Gasteiger partial charge in [-0.3, -0.25) is 0 Å². The van der Waals surface area contributed by atoms with Crippen molar-refractivity contribution >= 4 is 0 Å². The molecule has 5 aliphatic rings. The number of fused-ring (bicyclic) bond motifs is 4. The van der Waals surface area contributed by atoms with E-state index in [1.54, 1.807) is 11.3 Å². The molecule has 3 fully saturated rings. The summed E-state index contributed by atoms with van der Waals surface area (Å²) >= 11 is 0. The van der Waals surface area contributed by atoms with Crippen molar-refractivity contribution in [3.63, 3.8) is 0 Å². The van der Waals surface area contributed by atoms with Crippen LogP contribution in [0.25, 0.3) is 0 Å². The second-order valence-corrected chi connectivity index (χ2v) is 9.06. The van der Waals surface area contributed by atoms with Crippen molar-refractivity contribution in [1.82, 2.24) is 5.32 Å². The van der Waals surface area contributed by atoms with E-state index in [9.17, 15) is 0 Å². The third-order valence-corrected chi connectivity index (χ3v) is 7.66. The van der Waals surface area contributed by atoms with Gasteiger partial charge in [0.1, 0.15) is 0 Å². The summed E-state index contributed by atoms with van der Waals surface area (Å²) in [5.74, 6) is 6.05. The van der Waals surface area contributed by atoms with Crippen LogP contribution in [0, 0.1) is 41.4 Å². The van der Waals surface area contributed by atoms with Crippen LogP contribution >= 0.6 is 0 Å². The van der Waals surface area contributed by atoms with Gasteiger partial charge in [0, 0.05) is 23.7 Å². The fourth-order valence-electron chi connectivity index (χ4n) is 6.54. The number of hydrogen-bond donors (Lipinski definition) is 2. The van der Waals surface area contributed by atoms with E-state index in [-0.39, 0.29) is 0 Å². The summed E-state index contributed by atoms with van der Waals surface area (Å²) in [4.78, 5) is 0. The van der Waals surface area contributed by atoms with Gasteiger partial charge < -0.3 is 11.1 Å². The summed E-state index contributed by atoms with van der Waals surface area (Å²) in [6, 6.07) is 1.18. The lowest BCUT2D eigenvalue weighted by molar-refractivity contribution is -0.00642. The molecule has 0 aromatic rings. The van der Waals surface area contributed by atoms with Crippen LogP contribution in [0.2, 0.25) is 0 Å². The monoisotopic (exact) mass is 298 g/mol. The first-order chi connectivity index (χ1) is 10.6. The molecule has 9 atom stereocenters. The molecule has 4 aliphatic carbocycles. The molecule has 1 heterocycles. The quantitative estimate of drug-likeness (QED) is 0.672. The molecule has 22 heavy (non-hydrogen) atoms. The van der Waals surface area contributed by atoms with Gasteiger partial charge in [-0.05, 0) is 74.5 Å². The fourth-order valence-corrected chi connectivity index (χ4v) is 6.54. The van der Waals surface area contributed by atoms with Crippen LogP contribution in [-0.4, -0.2) is 12.1 Å². The second-order valence-electron chi connectivity index (χ2n) is 9.06. The number of rotatable bonds is 0. The molecule has 5 rings (SSSR count). The van der Waals surface area contributed by atoms with Crippen LogP contribution in [0.4, 0.5) is 0 Å². The highest BCUT2D eigenvalue weighted by Crippen LogP contribution is 2.58. The van der Waals surface area contributed by atoms with Gasteiger partial charge in [-0.15, -0.1) is 0 Å². The number of nitrogens with one attached hydrogen (secondary N) is 1. The Morgan fingerprint density at radius 2 is 1.77 bits per heavy atom. The number of allylic oxidation sites excluding steroid dienone is 3. The van der Waals surface area contributed by atoms with Crippen molar-refractivity contribution in [3.8, 4) is 0 Å². The Hall–Kier alpha value is -0.760. The minimum Gasteiger partial charge on any atom is -0.385 e. The fraction of sp³-hybridized carbons (Fsp3) is 0.800. The zero-order valence-electron chi connectivity index (χ0n) is 14.0. The largest absolute Gasteiger partial charge is 0.385 e. The minimum absolute atomic E-state index is 0.402. The molecule has 1 aliphatic heterocycles. The molecule has 120 valence electrons. The van der Waals surface area contributed by atoms with Crippen molar-refractivity contribution in [2.45, 2.75) is 58.0 Å². The maximum atomic E-state index is 6.49.